The maximum Gasteiger partial charge on any atom is 0.311 e. The summed E-state index contributed by atoms with van der Waals surface area (Å²) in [6.45, 7) is 6.45. The number of aliphatic hydroxyl groups is 1. The van der Waals surface area contributed by atoms with Crippen molar-refractivity contribution in [1.29, 1.82) is 0 Å². The normalized spacial score (nSPS) is 11.4. The summed E-state index contributed by atoms with van der Waals surface area (Å²) >= 11 is 0. The smallest absolute Gasteiger partial charge is 0.311 e. The topological polar surface area (TPSA) is 46.5 Å². The lowest BCUT2D eigenvalue weighted by atomic mass is 9.91. The van der Waals surface area contributed by atoms with Gasteiger partial charge < -0.3 is 9.84 Å². The highest BCUT2D eigenvalue weighted by atomic mass is 16.5. The van der Waals surface area contributed by atoms with Crippen LogP contribution in [0, 0.1) is 5.41 Å². The Morgan fingerprint density at radius 3 is 2.43 bits per heavy atom. The average molecular weight is 202 g/mol. The molecular formula is C11H22O3. The van der Waals surface area contributed by atoms with Gasteiger partial charge in [-0.3, -0.25) is 4.79 Å². The van der Waals surface area contributed by atoms with Crippen LogP contribution >= 0.6 is 0 Å². The van der Waals surface area contributed by atoms with Crippen LogP contribution in [0.1, 0.15) is 46.5 Å². The Morgan fingerprint density at radius 2 is 1.93 bits per heavy atom. The fourth-order valence-corrected chi connectivity index (χ4v) is 0.895. The molecule has 0 spiro atoms. The molecule has 0 amide bonds. The number of unbranched alkanes of at least 4 members (excludes halogenated alkanes) is 2. The molecule has 0 aromatic rings. The van der Waals surface area contributed by atoms with Crippen LogP contribution in [-0.2, 0) is 9.53 Å². The zero-order valence-corrected chi connectivity index (χ0v) is 9.51. The Labute approximate surface area is 86.5 Å². The van der Waals surface area contributed by atoms with Crippen LogP contribution in [0.2, 0.25) is 0 Å². The number of carbonyl (C=O) groups is 1. The summed E-state index contributed by atoms with van der Waals surface area (Å²) in [4.78, 5) is 11.5. The first-order valence-electron chi connectivity index (χ1n) is 5.32. The Kier molecular flexibility index (Phi) is 6.54. The fraction of sp³-hybridized carbons (Fsp3) is 0.909. The molecule has 0 aliphatic heterocycles. The number of aliphatic hydroxyl groups excluding tert-OH is 1. The van der Waals surface area contributed by atoms with E-state index in [1.54, 1.807) is 0 Å². The van der Waals surface area contributed by atoms with Crippen molar-refractivity contribution in [2.24, 2.45) is 5.41 Å². The number of hydrogen-bond acceptors (Lipinski definition) is 3. The molecule has 3 heteroatoms. The first kappa shape index (κ1) is 13.4. The van der Waals surface area contributed by atoms with Crippen molar-refractivity contribution in [2.75, 3.05) is 13.2 Å². The molecule has 0 aromatic heterocycles. The molecule has 0 saturated carbocycles. The quantitative estimate of drug-likeness (QED) is 0.508. The summed E-state index contributed by atoms with van der Waals surface area (Å²) in [5.74, 6) is -0.121. The second-order valence-electron chi connectivity index (χ2n) is 4.16. The molecule has 3 nitrogen and oxygen atoms in total. The van der Waals surface area contributed by atoms with E-state index in [0.29, 0.717) is 6.61 Å². The number of ether oxygens (including phenoxy) is 1. The summed E-state index contributed by atoms with van der Waals surface area (Å²) in [7, 11) is 0. The Hall–Kier alpha value is -0.570. The predicted octanol–water partition coefficient (Wildman–Crippen LogP) is 2.13. The maximum atomic E-state index is 11.5. The predicted molar refractivity (Wildman–Crippen MR) is 56.0 cm³/mol. The zero-order chi connectivity index (χ0) is 11.0. The Bertz CT molecular complexity index is 164. The van der Waals surface area contributed by atoms with Gasteiger partial charge in [-0.05, 0) is 39.5 Å². The summed E-state index contributed by atoms with van der Waals surface area (Å²) < 4.78 is 5.12. The van der Waals surface area contributed by atoms with E-state index in [9.17, 15) is 4.79 Å². The summed E-state index contributed by atoms with van der Waals surface area (Å²) in [6.07, 6.45) is 3.33. The SMILES string of the molecule is CCC(C)(C)C(=O)OCCCCCO. The number of esters is 1. The first-order chi connectivity index (χ1) is 6.54. The van der Waals surface area contributed by atoms with Crippen molar-refractivity contribution in [3.8, 4) is 0 Å². The molecule has 0 radical (unpaired) electrons. The van der Waals surface area contributed by atoms with Crippen LogP contribution in [0.15, 0.2) is 0 Å². The summed E-state index contributed by atoms with van der Waals surface area (Å²) in [5, 5.41) is 8.53. The fourth-order valence-electron chi connectivity index (χ4n) is 0.895. The van der Waals surface area contributed by atoms with Gasteiger partial charge in [0, 0.05) is 6.61 Å². The zero-order valence-electron chi connectivity index (χ0n) is 9.51. The lowest BCUT2D eigenvalue weighted by Crippen LogP contribution is -2.26. The van der Waals surface area contributed by atoms with Gasteiger partial charge in [0.2, 0.25) is 0 Å². The number of rotatable bonds is 7. The van der Waals surface area contributed by atoms with Crippen LogP contribution in [0.5, 0.6) is 0 Å². The molecular weight excluding hydrogens is 180 g/mol. The second-order valence-corrected chi connectivity index (χ2v) is 4.16. The highest BCUT2D eigenvalue weighted by Gasteiger charge is 2.26. The van der Waals surface area contributed by atoms with E-state index in [4.69, 9.17) is 9.84 Å². The molecule has 0 heterocycles. The monoisotopic (exact) mass is 202 g/mol. The van der Waals surface area contributed by atoms with E-state index in [1.807, 2.05) is 20.8 Å². The van der Waals surface area contributed by atoms with Crippen molar-refractivity contribution in [1.82, 2.24) is 0 Å². The molecule has 84 valence electrons. The maximum absolute atomic E-state index is 11.5. The Morgan fingerprint density at radius 1 is 1.29 bits per heavy atom. The first-order valence-corrected chi connectivity index (χ1v) is 5.32. The standard InChI is InChI=1S/C11H22O3/c1-4-11(2,3)10(13)14-9-7-5-6-8-12/h12H,4-9H2,1-3H3. The summed E-state index contributed by atoms with van der Waals surface area (Å²) in [5.41, 5.74) is -0.364. The number of carbonyl (C=O) groups excluding carboxylic acids is 1. The van der Waals surface area contributed by atoms with Gasteiger partial charge in [0.05, 0.1) is 12.0 Å². The molecule has 0 unspecified atom stereocenters. The van der Waals surface area contributed by atoms with Gasteiger partial charge in [0.15, 0.2) is 0 Å². The lowest BCUT2D eigenvalue weighted by molar-refractivity contribution is -0.154. The minimum atomic E-state index is -0.364. The minimum absolute atomic E-state index is 0.121. The van der Waals surface area contributed by atoms with Crippen molar-refractivity contribution in [3.05, 3.63) is 0 Å². The largest absolute Gasteiger partial charge is 0.465 e. The van der Waals surface area contributed by atoms with Gasteiger partial charge in [-0.15, -0.1) is 0 Å². The lowest BCUT2D eigenvalue weighted by Gasteiger charge is -2.20. The van der Waals surface area contributed by atoms with Gasteiger partial charge >= 0.3 is 5.97 Å². The van der Waals surface area contributed by atoms with Gasteiger partial charge in [-0.2, -0.15) is 0 Å². The van der Waals surface area contributed by atoms with Gasteiger partial charge in [0.1, 0.15) is 0 Å². The highest BCUT2D eigenvalue weighted by Crippen LogP contribution is 2.21. The van der Waals surface area contributed by atoms with Crippen LogP contribution in [-0.4, -0.2) is 24.3 Å². The molecule has 1 N–H and O–H groups in total. The molecule has 0 aliphatic carbocycles. The third-order valence-corrected chi connectivity index (χ3v) is 2.47. The van der Waals surface area contributed by atoms with E-state index in [0.717, 1.165) is 25.7 Å². The van der Waals surface area contributed by atoms with E-state index >= 15 is 0 Å². The molecule has 14 heavy (non-hydrogen) atoms. The van der Waals surface area contributed by atoms with Gasteiger partial charge in [-0.25, -0.2) is 0 Å². The third kappa shape index (κ3) is 5.22. The average Bonchev–Trinajstić information content (AvgIpc) is 2.17. The second kappa shape index (κ2) is 6.82. The van der Waals surface area contributed by atoms with E-state index in [1.165, 1.54) is 0 Å². The molecule has 0 rings (SSSR count). The van der Waals surface area contributed by atoms with Crippen LogP contribution in [0.25, 0.3) is 0 Å². The summed E-state index contributed by atoms with van der Waals surface area (Å²) in [6, 6.07) is 0. The molecule has 0 atom stereocenters. The van der Waals surface area contributed by atoms with Gasteiger partial charge in [-0.1, -0.05) is 6.92 Å². The molecule has 0 aromatic carbocycles. The van der Waals surface area contributed by atoms with Crippen LogP contribution < -0.4 is 0 Å². The van der Waals surface area contributed by atoms with Crippen molar-refractivity contribution in [3.63, 3.8) is 0 Å². The Balaban J connectivity index is 3.54. The minimum Gasteiger partial charge on any atom is -0.465 e. The van der Waals surface area contributed by atoms with Crippen molar-refractivity contribution in [2.45, 2.75) is 46.5 Å². The molecule has 0 saturated heterocycles. The van der Waals surface area contributed by atoms with E-state index in [2.05, 4.69) is 0 Å². The number of hydrogen-bond donors (Lipinski definition) is 1. The van der Waals surface area contributed by atoms with Gasteiger partial charge in [0.25, 0.3) is 0 Å². The molecule has 0 bridgehead atoms. The molecule has 0 aliphatic rings. The van der Waals surface area contributed by atoms with Crippen LogP contribution in [0.3, 0.4) is 0 Å². The van der Waals surface area contributed by atoms with E-state index in [-0.39, 0.29) is 18.0 Å². The highest BCUT2D eigenvalue weighted by molar-refractivity contribution is 5.75. The van der Waals surface area contributed by atoms with Crippen molar-refractivity contribution < 1.29 is 14.6 Å². The third-order valence-electron chi connectivity index (χ3n) is 2.47. The molecule has 0 fully saturated rings. The van der Waals surface area contributed by atoms with E-state index < -0.39 is 0 Å². The van der Waals surface area contributed by atoms with Crippen LogP contribution in [0.4, 0.5) is 0 Å². The van der Waals surface area contributed by atoms with Crippen molar-refractivity contribution >= 4 is 5.97 Å².